The molecular weight excluding hydrogens is 284 g/mol. The third-order valence-electron chi connectivity index (χ3n) is 3.97. The predicted octanol–water partition coefficient (Wildman–Crippen LogP) is 1.76. The summed E-state index contributed by atoms with van der Waals surface area (Å²) in [5, 5.41) is 16.6. The van der Waals surface area contributed by atoms with Crippen molar-refractivity contribution in [3.05, 3.63) is 41.3 Å². The molecule has 0 aromatic carbocycles. The van der Waals surface area contributed by atoms with Crippen molar-refractivity contribution < 1.29 is 14.6 Å². The van der Waals surface area contributed by atoms with Gasteiger partial charge in [0.1, 0.15) is 11.9 Å². The van der Waals surface area contributed by atoms with Gasteiger partial charge in [0.25, 0.3) is 0 Å². The Morgan fingerprint density at radius 1 is 1.50 bits per heavy atom. The van der Waals surface area contributed by atoms with Gasteiger partial charge in [0, 0.05) is 24.9 Å². The summed E-state index contributed by atoms with van der Waals surface area (Å²) < 4.78 is 7.65. The number of ether oxygens (including phenoxy) is 1. The summed E-state index contributed by atoms with van der Waals surface area (Å²) in [5.41, 5.74) is 2.14. The number of rotatable bonds is 4. The maximum absolute atomic E-state index is 11.0. The molecule has 116 valence electrons. The fourth-order valence-electron chi connectivity index (χ4n) is 2.66. The monoisotopic (exact) mass is 302 g/mol. The normalized spacial score (nSPS) is 21.0. The van der Waals surface area contributed by atoms with Crippen LogP contribution in [0.25, 0.3) is 0 Å². The molecule has 0 spiro atoms. The van der Waals surface area contributed by atoms with Gasteiger partial charge in [-0.1, -0.05) is 6.07 Å². The van der Waals surface area contributed by atoms with Gasteiger partial charge in [-0.05, 0) is 25.5 Å². The zero-order valence-corrected chi connectivity index (χ0v) is 12.5. The fourth-order valence-corrected chi connectivity index (χ4v) is 2.66. The van der Waals surface area contributed by atoms with Crippen molar-refractivity contribution in [3.8, 4) is 0 Å². The van der Waals surface area contributed by atoms with E-state index in [0.29, 0.717) is 12.4 Å². The third kappa shape index (κ3) is 2.67. The van der Waals surface area contributed by atoms with E-state index in [9.17, 15) is 4.79 Å². The maximum atomic E-state index is 11.0. The van der Waals surface area contributed by atoms with Crippen LogP contribution in [0.1, 0.15) is 34.3 Å². The van der Waals surface area contributed by atoms with Crippen LogP contribution in [0.5, 0.6) is 0 Å². The molecule has 1 saturated heterocycles. The van der Waals surface area contributed by atoms with Gasteiger partial charge in [-0.2, -0.15) is 5.10 Å². The lowest BCUT2D eigenvalue weighted by Crippen LogP contribution is -2.24. The Morgan fingerprint density at radius 3 is 3.00 bits per heavy atom. The second kappa shape index (κ2) is 5.76. The summed E-state index contributed by atoms with van der Waals surface area (Å²) >= 11 is 0. The number of anilines is 1. The highest BCUT2D eigenvalue weighted by Crippen LogP contribution is 2.32. The average Bonchev–Trinajstić information content (AvgIpc) is 3.07. The predicted molar refractivity (Wildman–Crippen MR) is 79.9 cm³/mol. The molecule has 3 rings (SSSR count). The zero-order chi connectivity index (χ0) is 15.7. The van der Waals surface area contributed by atoms with Crippen molar-refractivity contribution in [2.75, 3.05) is 11.9 Å². The van der Waals surface area contributed by atoms with Crippen LogP contribution in [0, 0.1) is 6.92 Å². The van der Waals surface area contributed by atoms with Crippen LogP contribution in [0.2, 0.25) is 0 Å². The third-order valence-corrected chi connectivity index (χ3v) is 3.97. The number of carboxylic acids is 1. The first-order chi connectivity index (χ1) is 10.6. The number of hydrogen-bond acceptors (Lipinski definition) is 5. The first kappa shape index (κ1) is 14.5. The van der Waals surface area contributed by atoms with Gasteiger partial charge < -0.3 is 15.2 Å². The van der Waals surface area contributed by atoms with Crippen molar-refractivity contribution in [1.82, 2.24) is 14.8 Å². The second-order valence-corrected chi connectivity index (χ2v) is 5.35. The molecule has 7 nitrogen and oxygen atoms in total. The number of carbonyl (C=O) groups is 1. The first-order valence-corrected chi connectivity index (χ1v) is 7.13. The van der Waals surface area contributed by atoms with E-state index in [0.717, 1.165) is 17.7 Å². The SMILES string of the molecule is Cc1c([C@H]2OCC[C@@H]2Nc2cccc(C(=O)O)n2)cnn1C. The van der Waals surface area contributed by atoms with Crippen LogP contribution < -0.4 is 5.32 Å². The van der Waals surface area contributed by atoms with Crippen LogP contribution in [-0.2, 0) is 11.8 Å². The number of aromatic carboxylic acids is 1. The van der Waals surface area contributed by atoms with Gasteiger partial charge in [0.2, 0.25) is 0 Å². The largest absolute Gasteiger partial charge is 0.477 e. The first-order valence-electron chi connectivity index (χ1n) is 7.13. The Balaban J connectivity index is 1.81. The standard InChI is InChI=1S/C15H18N4O3/c1-9-10(8-16-19(9)2)14-11(6-7-22-14)17-13-5-3-4-12(18-13)15(20)21/h3-5,8,11,14H,6-7H2,1-2H3,(H,17,18)(H,20,21)/t11-,14+/m0/s1. The van der Waals surface area contributed by atoms with Gasteiger partial charge in [-0.3, -0.25) is 4.68 Å². The van der Waals surface area contributed by atoms with E-state index in [1.165, 1.54) is 6.07 Å². The minimum Gasteiger partial charge on any atom is -0.477 e. The molecule has 2 atom stereocenters. The highest BCUT2D eigenvalue weighted by atomic mass is 16.5. The minimum absolute atomic E-state index is 0.0259. The van der Waals surface area contributed by atoms with Crippen LogP contribution in [0.15, 0.2) is 24.4 Å². The van der Waals surface area contributed by atoms with E-state index in [1.54, 1.807) is 12.1 Å². The van der Waals surface area contributed by atoms with E-state index in [-0.39, 0.29) is 17.8 Å². The maximum Gasteiger partial charge on any atom is 0.354 e. The number of pyridine rings is 1. The average molecular weight is 302 g/mol. The Bertz CT molecular complexity index is 698. The molecular formula is C15H18N4O3. The number of carboxylic acid groups (broad SMARTS) is 1. The van der Waals surface area contributed by atoms with Crippen molar-refractivity contribution in [3.63, 3.8) is 0 Å². The lowest BCUT2D eigenvalue weighted by Gasteiger charge is -2.20. The van der Waals surface area contributed by atoms with Crippen LogP contribution in [0.3, 0.4) is 0 Å². The number of nitrogens with zero attached hydrogens (tertiary/aromatic N) is 3. The molecule has 0 bridgehead atoms. The lowest BCUT2D eigenvalue weighted by molar-refractivity contribution is 0.0690. The molecule has 2 aromatic heterocycles. The second-order valence-electron chi connectivity index (χ2n) is 5.35. The summed E-state index contributed by atoms with van der Waals surface area (Å²) in [6.07, 6.45) is 2.54. The molecule has 0 amide bonds. The molecule has 1 aliphatic rings. The van der Waals surface area contributed by atoms with Gasteiger partial charge in [0.05, 0.1) is 12.2 Å². The topological polar surface area (TPSA) is 89.3 Å². The summed E-state index contributed by atoms with van der Waals surface area (Å²) in [6.45, 7) is 2.65. The highest BCUT2D eigenvalue weighted by Gasteiger charge is 2.32. The van der Waals surface area contributed by atoms with Crippen LogP contribution in [0.4, 0.5) is 5.82 Å². The van der Waals surface area contributed by atoms with Gasteiger partial charge in [0.15, 0.2) is 5.69 Å². The molecule has 7 heteroatoms. The minimum atomic E-state index is -1.04. The van der Waals surface area contributed by atoms with E-state index < -0.39 is 5.97 Å². The Labute approximate surface area is 127 Å². The molecule has 2 N–H and O–H groups in total. The fraction of sp³-hybridized carbons (Fsp3) is 0.400. The molecule has 3 heterocycles. The molecule has 1 fully saturated rings. The van der Waals surface area contributed by atoms with Crippen molar-refractivity contribution in [2.45, 2.75) is 25.5 Å². The molecule has 2 aromatic rings. The highest BCUT2D eigenvalue weighted by molar-refractivity contribution is 5.85. The van der Waals surface area contributed by atoms with Crippen LogP contribution >= 0.6 is 0 Å². The molecule has 0 radical (unpaired) electrons. The van der Waals surface area contributed by atoms with Crippen LogP contribution in [-0.4, -0.2) is 38.5 Å². The summed E-state index contributed by atoms with van der Waals surface area (Å²) in [5.74, 6) is -0.493. The van der Waals surface area contributed by atoms with E-state index in [2.05, 4.69) is 15.4 Å². The summed E-state index contributed by atoms with van der Waals surface area (Å²) in [7, 11) is 1.90. The van der Waals surface area contributed by atoms with Gasteiger partial charge >= 0.3 is 5.97 Å². The number of aryl methyl sites for hydroxylation is 1. The van der Waals surface area contributed by atoms with Crippen molar-refractivity contribution >= 4 is 11.8 Å². The van der Waals surface area contributed by atoms with E-state index in [1.807, 2.05) is 24.9 Å². The quantitative estimate of drug-likeness (QED) is 0.894. The molecule has 22 heavy (non-hydrogen) atoms. The van der Waals surface area contributed by atoms with Crippen molar-refractivity contribution in [1.29, 1.82) is 0 Å². The van der Waals surface area contributed by atoms with Gasteiger partial charge in [-0.25, -0.2) is 9.78 Å². The molecule has 0 saturated carbocycles. The Kier molecular flexibility index (Phi) is 3.81. The summed E-state index contributed by atoms with van der Waals surface area (Å²) in [4.78, 5) is 15.1. The van der Waals surface area contributed by atoms with Crippen molar-refractivity contribution in [2.24, 2.45) is 7.05 Å². The lowest BCUT2D eigenvalue weighted by atomic mass is 10.0. The van der Waals surface area contributed by atoms with Gasteiger partial charge in [-0.15, -0.1) is 0 Å². The Hall–Kier alpha value is -2.41. The number of hydrogen-bond donors (Lipinski definition) is 2. The number of aromatic nitrogens is 3. The summed E-state index contributed by atoms with van der Waals surface area (Å²) in [6, 6.07) is 4.96. The molecule has 0 unspecified atom stereocenters. The van der Waals surface area contributed by atoms with E-state index >= 15 is 0 Å². The smallest absolute Gasteiger partial charge is 0.354 e. The van der Waals surface area contributed by atoms with E-state index in [4.69, 9.17) is 9.84 Å². The zero-order valence-electron chi connectivity index (χ0n) is 12.5. The Morgan fingerprint density at radius 2 is 2.32 bits per heavy atom. The molecule has 0 aliphatic carbocycles. The number of nitrogens with one attached hydrogen (secondary N) is 1. The molecule has 1 aliphatic heterocycles.